The molecular weight excluding hydrogens is 406 g/mol. The van der Waals surface area contributed by atoms with Crippen LogP contribution in [0, 0.1) is 10.1 Å². The lowest BCUT2D eigenvalue weighted by Crippen LogP contribution is -2.40. The summed E-state index contributed by atoms with van der Waals surface area (Å²) in [6.45, 7) is 2.81. The number of benzene rings is 2. The van der Waals surface area contributed by atoms with Gasteiger partial charge in [0.2, 0.25) is 10.0 Å². The average molecular weight is 426 g/mol. The molecule has 1 atom stereocenters. The van der Waals surface area contributed by atoms with Gasteiger partial charge < -0.3 is 10.1 Å². The molecule has 2 aromatic carbocycles. The van der Waals surface area contributed by atoms with Crippen LogP contribution in [0.1, 0.15) is 18.5 Å². The standard InChI is InChI=1S/C18H20ClN3O5S/c1-13(15-4-2-3-5-16(15)19)20-17-7-6-14(22(23)24)12-18(17)28(25,26)21-8-10-27-11-9-21/h2-7,12-13,20H,8-11H2,1H3/t13-/m0/s1. The number of halogens is 1. The van der Waals surface area contributed by atoms with Crippen LogP contribution >= 0.6 is 11.6 Å². The van der Waals surface area contributed by atoms with E-state index in [1.807, 2.05) is 19.1 Å². The molecule has 1 aliphatic heterocycles. The van der Waals surface area contributed by atoms with Gasteiger partial charge >= 0.3 is 0 Å². The van der Waals surface area contributed by atoms with Crippen LogP contribution in [-0.4, -0.2) is 43.9 Å². The minimum absolute atomic E-state index is 0.137. The molecule has 0 saturated carbocycles. The third-order valence-corrected chi connectivity index (χ3v) is 6.79. The summed E-state index contributed by atoms with van der Waals surface area (Å²) in [7, 11) is -3.93. The zero-order valence-electron chi connectivity index (χ0n) is 15.2. The monoisotopic (exact) mass is 425 g/mol. The molecular formula is C18H20ClN3O5S. The van der Waals surface area contributed by atoms with Crippen molar-refractivity contribution >= 4 is 33.0 Å². The first-order chi connectivity index (χ1) is 13.3. The number of nitrogens with zero attached hydrogens (tertiary/aromatic N) is 2. The fourth-order valence-corrected chi connectivity index (χ4v) is 4.90. The van der Waals surface area contributed by atoms with Gasteiger partial charge in [0.25, 0.3) is 5.69 Å². The van der Waals surface area contributed by atoms with Gasteiger partial charge in [0.1, 0.15) is 4.90 Å². The van der Waals surface area contributed by atoms with Crippen molar-refractivity contribution in [1.82, 2.24) is 4.31 Å². The van der Waals surface area contributed by atoms with Crippen LogP contribution < -0.4 is 5.32 Å². The molecule has 1 saturated heterocycles. The molecule has 1 aliphatic rings. The second kappa shape index (κ2) is 8.44. The molecule has 2 aromatic rings. The maximum absolute atomic E-state index is 13.1. The summed E-state index contributed by atoms with van der Waals surface area (Å²) in [6.07, 6.45) is 0. The SMILES string of the molecule is C[C@H](Nc1ccc([N+](=O)[O-])cc1S(=O)(=O)N1CCOCC1)c1ccccc1Cl. The number of nitro benzene ring substituents is 1. The van der Waals surface area contributed by atoms with Crippen LogP contribution in [0.15, 0.2) is 47.4 Å². The molecule has 0 amide bonds. The Balaban J connectivity index is 2.01. The summed E-state index contributed by atoms with van der Waals surface area (Å²) < 4.78 is 32.8. The number of anilines is 1. The molecule has 150 valence electrons. The van der Waals surface area contributed by atoms with Crippen molar-refractivity contribution in [3.05, 3.63) is 63.2 Å². The molecule has 28 heavy (non-hydrogen) atoms. The molecule has 1 heterocycles. The maximum atomic E-state index is 13.1. The van der Waals surface area contributed by atoms with Crippen molar-refractivity contribution in [3.63, 3.8) is 0 Å². The largest absolute Gasteiger partial charge is 0.379 e. The number of nitro groups is 1. The molecule has 0 bridgehead atoms. The van der Waals surface area contributed by atoms with E-state index in [1.165, 1.54) is 16.4 Å². The van der Waals surface area contributed by atoms with Crippen LogP contribution in [-0.2, 0) is 14.8 Å². The van der Waals surface area contributed by atoms with Crippen molar-refractivity contribution in [2.24, 2.45) is 0 Å². The Kier molecular flexibility index (Phi) is 6.19. The van der Waals surface area contributed by atoms with E-state index < -0.39 is 14.9 Å². The first-order valence-corrected chi connectivity index (χ1v) is 10.5. The minimum atomic E-state index is -3.93. The molecule has 0 aromatic heterocycles. The summed E-state index contributed by atoms with van der Waals surface area (Å²) in [5, 5.41) is 14.9. The van der Waals surface area contributed by atoms with Crippen molar-refractivity contribution in [3.8, 4) is 0 Å². The molecule has 0 radical (unpaired) electrons. The highest BCUT2D eigenvalue weighted by molar-refractivity contribution is 7.89. The molecule has 0 unspecified atom stereocenters. The number of morpholine rings is 1. The fraction of sp³-hybridized carbons (Fsp3) is 0.333. The van der Waals surface area contributed by atoms with E-state index in [9.17, 15) is 18.5 Å². The predicted molar refractivity (Wildman–Crippen MR) is 106 cm³/mol. The van der Waals surface area contributed by atoms with Gasteiger partial charge in [-0.3, -0.25) is 10.1 Å². The van der Waals surface area contributed by atoms with Gasteiger partial charge in [-0.2, -0.15) is 4.31 Å². The summed E-state index contributed by atoms with van der Waals surface area (Å²) >= 11 is 6.23. The molecule has 1 N–H and O–H groups in total. The molecule has 3 rings (SSSR count). The fourth-order valence-electron chi connectivity index (χ4n) is 3.02. The first kappa shape index (κ1) is 20.5. The number of nitrogens with one attached hydrogen (secondary N) is 1. The van der Waals surface area contributed by atoms with Gasteiger partial charge in [-0.25, -0.2) is 8.42 Å². The Morgan fingerprint density at radius 2 is 1.89 bits per heavy atom. The Labute approximate surface area is 168 Å². The third-order valence-electron chi connectivity index (χ3n) is 4.51. The van der Waals surface area contributed by atoms with E-state index in [0.29, 0.717) is 5.02 Å². The highest BCUT2D eigenvalue weighted by Crippen LogP contribution is 2.33. The van der Waals surface area contributed by atoms with Crippen molar-refractivity contribution in [1.29, 1.82) is 0 Å². The van der Waals surface area contributed by atoms with E-state index >= 15 is 0 Å². The normalized spacial score (nSPS) is 16.5. The van der Waals surface area contributed by atoms with E-state index in [-0.39, 0.29) is 48.6 Å². The minimum Gasteiger partial charge on any atom is -0.379 e. The van der Waals surface area contributed by atoms with Crippen molar-refractivity contribution in [2.75, 3.05) is 31.6 Å². The highest BCUT2D eigenvalue weighted by atomic mass is 35.5. The second-order valence-corrected chi connectivity index (χ2v) is 8.66. The summed E-state index contributed by atoms with van der Waals surface area (Å²) in [5.74, 6) is 0. The molecule has 1 fully saturated rings. The Morgan fingerprint density at radius 1 is 1.21 bits per heavy atom. The number of rotatable bonds is 6. The Bertz CT molecular complexity index is 977. The van der Waals surface area contributed by atoms with E-state index in [2.05, 4.69) is 5.32 Å². The van der Waals surface area contributed by atoms with Crippen LogP contribution in [0.4, 0.5) is 11.4 Å². The van der Waals surface area contributed by atoms with Crippen LogP contribution in [0.3, 0.4) is 0 Å². The van der Waals surface area contributed by atoms with E-state index in [1.54, 1.807) is 12.1 Å². The number of hydrogen-bond donors (Lipinski definition) is 1. The second-order valence-electron chi connectivity index (χ2n) is 6.34. The average Bonchev–Trinajstić information content (AvgIpc) is 2.69. The quantitative estimate of drug-likeness (QED) is 0.561. The van der Waals surface area contributed by atoms with Gasteiger partial charge in [0.05, 0.1) is 29.9 Å². The summed E-state index contributed by atoms with van der Waals surface area (Å²) in [4.78, 5) is 10.4. The van der Waals surface area contributed by atoms with Gasteiger partial charge in [0, 0.05) is 30.2 Å². The lowest BCUT2D eigenvalue weighted by molar-refractivity contribution is -0.385. The van der Waals surface area contributed by atoms with Crippen LogP contribution in [0.25, 0.3) is 0 Å². The Morgan fingerprint density at radius 3 is 2.54 bits per heavy atom. The number of sulfonamides is 1. The molecule has 8 nitrogen and oxygen atoms in total. The van der Waals surface area contributed by atoms with Crippen molar-refractivity contribution in [2.45, 2.75) is 17.9 Å². The van der Waals surface area contributed by atoms with Crippen LogP contribution in [0.2, 0.25) is 5.02 Å². The summed E-state index contributed by atoms with van der Waals surface area (Å²) in [6, 6.07) is 10.7. The van der Waals surface area contributed by atoms with Gasteiger partial charge in [-0.1, -0.05) is 29.8 Å². The zero-order valence-corrected chi connectivity index (χ0v) is 16.7. The predicted octanol–water partition coefficient (Wildman–Crippen LogP) is 3.44. The topological polar surface area (TPSA) is 102 Å². The number of hydrogen-bond acceptors (Lipinski definition) is 6. The van der Waals surface area contributed by atoms with E-state index in [4.69, 9.17) is 16.3 Å². The maximum Gasteiger partial charge on any atom is 0.270 e. The Hall–Kier alpha value is -2.20. The summed E-state index contributed by atoms with van der Waals surface area (Å²) in [5.41, 5.74) is 0.782. The molecule has 0 aliphatic carbocycles. The van der Waals surface area contributed by atoms with Gasteiger partial charge in [-0.15, -0.1) is 0 Å². The van der Waals surface area contributed by atoms with Crippen LogP contribution in [0.5, 0.6) is 0 Å². The highest BCUT2D eigenvalue weighted by Gasteiger charge is 2.30. The molecule has 10 heteroatoms. The number of ether oxygens (including phenoxy) is 1. The lowest BCUT2D eigenvalue weighted by atomic mass is 10.1. The van der Waals surface area contributed by atoms with Gasteiger partial charge in [-0.05, 0) is 24.6 Å². The zero-order chi connectivity index (χ0) is 20.3. The third kappa shape index (κ3) is 4.27. The molecule has 0 spiro atoms. The lowest BCUT2D eigenvalue weighted by Gasteiger charge is -2.27. The number of non-ortho nitro benzene ring substituents is 1. The first-order valence-electron chi connectivity index (χ1n) is 8.68. The van der Waals surface area contributed by atoms with Crippen molar-refractivity contribution < 1.29 is 18.1 Å². The van der Waals surface area contributed by atoms with Gasteiger partial charge in [0.15, 0.2) is 0 Å². The van der Waals surface area contributed by atoms with E-state index in [0.717, 1.165) is 11.6 Å². The smallest absolute Gasteiger partial charge is 0.270 e.